The van der Waals surface area contributed by atoms with E-state index in [4.69, 9.17) is 14.0 Å². The van der Waals surface area contributed by atoms with Crippen molar-refractivity contribution in [3.8, 4) is 16.9 Å². The Kier molecular flexibility index (Phi) is 6.87. The van der Waals surface area contributed by atoms with Gasteiger partial charge < -0.3 is 18.9 Å². The maximum atomic E-state index is 12.1. The lowest BCUT2D eigenvalue weighted by atomic mass is 10.0. The van der Waals surface area contributed by atoms with Crippen LogP contribution in [0.15, 0.2) is 28.8 Å². The summed E-state index contributed by atoms with van der Waals surface area (Å²) in [4.78, 5) is 14.6. The quantitative estimate of drug-likeness (QED) is 0.514. The minimum Gasteiger partial charge on any atom is -0.494 e. The summed E-state index contributed by atoms with van der Waals surface area (Å²) in [6, 6.07) is 7.67. The van der Waals surface area contributed by atoms with Crippen molar-refractivity contribution in [2.75, 3.05) is 32.8 Å². The van der Waals surface area contributed by atoms with Gasteiger partial charge in [-0.05, 0) is 63.9 Å². The Bertz CT molecular complexity index is 733. The number of benzene rings is 1. The van der Waals surface area contributed by atoms with Gasteiger partial charge in [0.15, 0.2) is 5.69 Å². The van der Waals surface area contributed by atoms with E-state index in [1.165, 1.54) is 32.4 Å². The highest BCUT2D eigenvalue weighted by molar-refractivity contribution is 5.95. The number of aromatic nitrogens is 1. The predicted molar refractivity (Wildman–Crippen MR) is 103 cm³/mol. The second-order valence-corrected chi connectivity index (χ2v) is 6.81. The third-order valence-electron chi connectivity index (χ3n) is 4.81. The molecule has 0 unspecified atom stereocenters. The Morgan fingerprint density at radius 1 is 1.19 bits per heavy atom. The molecule has 0 amide bonds. The normalized spacial score (nSPS) is 14.9. The molecule has 0 saturated carbocycles. The molecular weight excluding hydrogens is 344 g/mol. The van der Waals surface area contributed by atoms with Gasteiger partial charge in [0, 0.05) is 6.54 Å². The fourth-order valence-electron chi connectivity index (χ4n) is 3.43. The van der Waals surface area contributed by atoms with Crippen LogP contribution in [-0.2, 0) is 4.74 Å². The van der Waals surface area contributed by atoms with Crippen molar-refractivity contribution in [3.05, 3.63) is 35.7 Å². The third kappa shape index (κ3) is 5.10. The molecule has 0 radical (unpaired) electrons. The summed E-state index contributed by atoms with van der Waals surface area (Å²) in [6.07, 6.45) is 5.03. The van der Waals surface area contributed by atoms with Gasteiger partial charge in [-0.25, -0.2) is 4.79 Å². The molecule has 1 aliphatic rings. The van der Waals surface area contributed by atoms with E-state index in [2.05, 4.69) is 10.1 Å². The number of likely N-dealkylation sites (tertiary alicyclic amines) is 1. The minimum absolute atomic E-state index is 0.213. The van der Waals surface area contributed by atoms with Crippen molar-refractivity contribution in [2.45, 2.75) is 39.5 Å². The van der Waals surface area contributed by atoms with Crippen LogP contribution >= 0.6 is 0 Å². The van der Waals surface area contributed by atoms with E-state index >= 15 is 0 Å². The molecule has 1 aromatic carbocycles. The zero-order valence-electron chi connectivity index (χ0n) is 16.2. The average Bonchev–Trinajstić information content (AvgIpc) is 3.08. The van der Waals surface area contributed by atoms with E-state index in [0.29, 0.717) is 24.5 Å². The molecule has 1 aliphatic heterocycles. The summed E-state index contributed by atoms with van der Waals surface area (Å²) in [5, 5.41) is 3.85. The van der Waals surface area contributed by atoms with Crippen LogP contribution in [0.4, 0.5) is 0 Å². The second-order valence-electron chi connectivity index (χ2n) is 6.81. The number of carbonyl (C=O) groups is 1. The lowest BCUT2D eigenvalue weighted by Crippen LogP contribution is -2.31. The number of piperidine rings is 1. The van der Waals surface area contributed by atoms with E-state index in [9.17, 15) is 4.79 Å². The van der Waals surface area contributed by atoms with Gasteiger partial charge in [-0.15, -0.1) is 0 Å². The van der Waals surface area contributed by atoms with Crippen molar-refractivity contribution in [1.82, 2.24) is 10.1 Å². The van der Waals surface area contributed by atoms with Crippen molar-refractivity contribution in [2.24, 2.45) is 0 Å². The molecule has 3 rings (SSSR count). The zero-order valence-corrected chi connectivity index (χ0v) is 16.2. The Morgan fingerprint density at radius 2 is 1.93 bits per heavy atom. The van der Waals surface area contributed by atoms with Crippen molar-refractivity contribution in [1.29, 1.82) is 0 Å². The molecular formula is C21H28N2O4. The molecule has 1 aromatic heterocycles. The molecule has 0 aliphatic carbocycles. The maximum Gasteiger partial charge on any atom is 0.361 e. The van der Waals surface area contributed by atoms with Gasteiger partial charge in [-0.3, -0.25) is 0 Å². The number of ether oxygens (including phenoxy) is 2. The Balaban J connectivity index is 1.56. The summed E-state index contributed by atoms with van der Waals surface area (Å²) >= 11 is 0. The SMILES string of the molecule is CCOC(=O)c1noc(C)c1-c1ccc(OCCCN2CCCCC2)cc1. The Hall–Kier alpha value is -2.34. The average molecular weight is 372 g/mol. The first-order chi connectivity index (χ1) is 13.2. The number of hydrogen-bond donors (Lipinski definition) is 0. The smallest absolute Gasteiger partial charge is 0.361 e. The molecule has 6 nitrogen and oxygen atoms in total. The van der Waals surface area contributed by atoms with Gasteiger partial charge in [0.1, 0.15) is 11.5 Å². The van der Waals surface area contributed by atoms with Crippen LogP contribution in [0, 0.1) is 6.92 Å². The maximum absolute atomic E-state index is 12.1. The van der Waals surface area contributed by atoms with Crippen LogP contribution in [0.25, 0.3) is 11.1 Å². The molecule has 2 aromatic rings. The molecule has 2 heterocycles. The fraction of sp³-hybridized carbons (Fsp3) is 0.524. The molecule has 146 valence electrons. The summed E-state index contributed by atoms with van der Waals surface area (Å²) < 4.78 is 16.1. The molecule has 0 atom stereocenters. The summed E-state index contributed by atoms with van der Waals surface area (Å²) in [5.41, 5.74) is 1.74. The van der Waals surface area contributed by atoms with Crippen LogP contribution < -0.4 is 4.74 Å². The van der Waals surface area contributed by atoms with Gasteiger partial charge in [0.2, 0.25) is 0 Å². The first-order valence-electron chi connectivity index (χ1n) is 9.78. The van der Waals surface area contributed by atoms with Crippen molar-refractivity contribution >= 4 is 5.97 Å². The predicted octanol–water partition coefficient (Wildman–Crippen LogP) is 4.08. The molecule has 6 heteroatoms. The highest BCUT2D eigenvalue weighted by Crippen LogP contribution is 2.29. The van der Waals surface area contributed by atoms with Crippen molar-refractivity contribution in [3.63, 3.8) is 0 Å². The summed E-state index contributed by atoms with van der Waals surface area (Å²) in [7, 11) is 0. The van der Waals surface area contributed by atoms with Crippen LogP contribution in [0.2, 0.25) is 0 Å². The fourth-order valence-corrected chi connectivity index (χ4v) is 3.43. The number of rotatable bonds is 8. The largest absolute Gasteiger partial charge is 0.494 e. The standard InChI is InChI=1S/C21H28N2O4/c1-3-25-21(24)20-19(16(2)27-22-20)17-8-10-18(11-9-17)26-15-7-14-23-12-5-4-6-13-23/h8-11H,3-7,12-15H2,1-2H3. The molecule has 27 heavy (non-hydrogen) atoms. The Labute approximate surface area is 160 Å². The van der Waals surface area contributed by atoms with E-state index in [1.54, 1.807) is 13.8 Å². The lowest BCUT2D eigenvalue weighted by Gasteiger charge is -2.26. The number of carbonyl (C=O) groups excluding carboxylic acids is 1. The van der Waals surface area contributed by atoms with Crippen molar-refractivity contribution < 1.29 is 18.8 Å². The van der Waals surface area contributed by atoms with Gasteiger partial charge >= 0.3 is 5.97 Å². The molecule has 1 fully saturated rings. The number of esters is 1. The molecule has 0 N–H and O–H groups in total. The van der Waals surface area contributed by atoms with Gasteiger partial charge in [-0.2, -0.15) is 0 Å². The molecule has 0 bridgehead atoms. The molecule has 0 spiro atoms. The van der Waals surface area contributed by atoms with Gasteiger partial charge in [-0.1, -0.05) is 23.7 Å². The summed E-state index contributed by atoms with van der Waals surface area (Å²) in [5.74, 6) is 0.944. The van der Waals surface area contributed by atoms with E-state index < -0.39 is 5.97 Å². The van der Waals surface area contributed by atoms with Crippen LogP contribution in [0.5, 0.6) is 5.75 Å². The van der Waals surface area contributed by atoms with Gasteiger partial charge in [0.25, 0.3) is 0 Å². The highest BCUT2D eigenvalue weighted by atomic mass is 16.5. The summed E-state index contributed by atoms with van der Waals surface area (Å²) in [6.45, 7) is 8.09. The number of aryl methyl sites for hydroxylation is 1. The third-order valence-corrected chi connectivity index (χ3v) is 4.81. The second kappa shape index (κ2) is 9.55. The topological polar surface area (TPSA) is 64.8 Å². The van der Waals surface area contributed by atoms with Crippen LogP contribution in [-0.4, -0.2) is 48.9 Å². The molecule has 1 saturated heterocycles. The van der Waals surface area contributed by atoms with E-state index in [-0.39, 0.29) is 5.69 Å². The lowest BCUT2D eigenvalue weighted by molar-refractivity contribution is 0.0515. The monoisotopic (exact) mass is 372 g/mol. The number of nitrogens with zero attached hydrogens (tertiary/aromatic N) is 2. The zero-order chi connectivity index (χ0) is 19.1. The van der Waals surface area contributed by atoms with E-state index in [1.807, 2.05) is 24.3 Å². The first kappa shape index (κ1) is 19.4. The Morgan fingerprint density at radius 3 is 2.63 bits per heavy atom. The van der Waals surface area contributed by atoms with Crippen LogP contribution in [0.1, 0.15) is 48.9 Å². The van der Waals surface area contributed by atoms with Crippen LogP contribution in [0.3, 0.4) is 0 Å². The number of hydrogen-bond acceptors (Lipinski definition) is 6. The minimum atomic E-state index is -0.470. The van der Waals surface area contributed by atoms with E-state index in [0.717, 1.165) is 24.3 Å². The first-order valence-corrected chi connectivity index (χ1v) is 9.78. The highest BCUT2D eigenvalue weighted by Gasteiger charge is 2.22. The van der Waals surface area contributed by atoms with Gasteiger partial charge in [0.05, 0.1) is 18.8 Å².